The molecule has 3 rings (SSSR count). The van der Waals surface area contributed by atoms with Gasteiger partial charge in [-0.2, -0.15) is 17.9 Å². The zero-order valence-corrected chi connectivity index (χ0v) is 18.8. The van der Waals surface area contributed by atoms with Crippen LogP contribution < -0.4 is 4.72 Å². The molecule has 0 spiro atoms. The fourth-order valence-electron chi connectivity index (χ4n) is 3.09. The Bertz CT molecular complexity index is 1110. The standard InChI is InChI=1S/C18H20F3N3O7S2/c1-10(22-30-6-2-5-25)12-8-17(12,16(26)27)24-33(28,29)15-4-3-11(9-32-15)13-7-14(31-23-13)18(19,20)21/h3-4,7,12,24-25H,2,5-6,8-9H2,1H3,(H,26,27)/b22-10+. The fraction of sp³-hybridized carbons (Fsp3) is 0.500. The number of rotatable bonds is 10. The highest BCUT2D eigenvalue weighted by atomic mass is 32.3. The Kier molecular flexibility index (Phi) is 7.26. The summed E-state index contributed by atoms with van der Waals surface area (Å²) in [5.41, 5.74) is -1.26. The Morgan fingerprint density at radius 1 is 1.45 bits per heavy atom. The lowest BCUT2D eigenvalue weighted by molar-refractivity contribution is -0.155. The van der Waals surface area contributed by atoms with Crippen LogP contribution >= 0.6 is 11.8 Å². The van der Waals surface area contributed by atoms with Crippen molar-refractivity contribution in [3.8, 4) is 0 Å². The molecule has 0 aromatic carbocycles. The predicted octanol–water partition coefficient (Wildman–Crippen LogP) is 2.20. The van der Waals surface area contributed by atoms with Gasteiger partial charge in [0.15, 0.2) is 0 Å². The molecule has 3 N–H and O–H groups in total. The van der Waals surface area contributed by atoms with Crippen LogP contribution in [0.25, 0.3) is 5.57 Å². The summed E-state index contributed by atoms with van der Waals surface area (Å²) in [7, 11) is -4.25. The second-order valence-electron chi connectivity index (χ2n) is 7.32. The lowest BCUT2D eigenvalue weighted by Gasteiger charge is -2.18. The summed E-state index contributed by atoms with van der Waals surface area (Å²) in [6.45, 7) is 1.54. The van der Waals surface area contributed by atoms with E-state index in [-0.39, 0.29) is 41.0 Å². The third-order valence-corrected chi connectivity index (χ3v) is 8.13. The molecule has 0 amide bonds. The second kappa shape index (κ2) is 9.48. The van der Waals surface area contributed by atoms with E-state index in [1.807, 2.05) is 0 Å². The number of carboxylic acid groups (broad SMARTS) is 1. The smallest absolute Gasteiger partial charge is 0.452 e. The first-order valence-electron chi connectivity index (χ1n) is 9.53. The van der Waals surface area contributed by atoms with Crippen molar-refractivity contribution in [2.24, 2.45) is 11.1 Å². The van der Waals surface area contributed by atoms with Gasteiger partial charge in [-0.15, -0.1) is 11.8 Å². The van der Waals surface area contributed by atoms with Gasteiger partial charge in [0, 0.05) is 30.8 Å². The average molecular weight is 512 g/mol. The van der Waals surface area contributed by atoms with Gasteiger partial charge in [-0.05, 0) is 25.0 Å². The van der Waals surface area contributed by atoms with Gasteiger partial charge in [-0.3, -0.25) is 4.79 Å². The zero-order chi connectivity index (χ0) is 24.4. The van der Waals surface area contributed by atoms with Crippen molar-refractivity contribution >= 4 is 39.0 Å². The number of aromatic nitrogens is 1. The van der Waals surface area contributed by atoms with Crippen molar-refractivity contribution < 1.29 is 46.0 Å². The molecule has 1 aliphatic heterocycles. The van der Waals surface area contributed by atoms with Crippen molar-refractivity contribution in [3.05, 3.63) is 33.9 Å². The first-order chi connectivity index (χ1) is 15.4. The molecular formula is C18H20F3N3O7S2. The van der Waals surface area contributed by atoms with E-state index in [2.05, 4.69) is 19.6 Å². The highest BCUT2D eigenvalue weighted by Crippen LogP contribution is 2.47. The third-order valence-electron chi connectivity index (χ3n) is 4.94. The van der Waals surface area contributed by atoms with Crippen LogP contribution in [-0.4, -0.2) is 60.0 Å². The van der Waals surface area contributed by atoms with Crippen molar-refractivity contribution in [1.82, 2.24) is 9.88 Å². The third kappa shape index (κ3) is 5.59. The Balaban J connectivity index is 1.73. The summed E-state index contributed by atoms with van der Waals surface area (Å²) in [6.07, 6.45) is -1.93. The second-order valence-corrected chi connectivity index (χ2v) is 10.2. The Morgan fingerprint density at radius 2 is 2.18 bits per heavy atom. The van der Waals surface area contributed by atoms with E-state index in [0.29, 0.717) is 12.0 Å². The first-order valence-corrected chi connectivity index (χ1v) is 12.0. The number of aliphatic carboxylic acids is 1. The summed E-state index contributed by atoms with van der Waals surface area (Å²) in [5, 5.41) is 25.5. The minimum atomic E-state index is -4.70. The van der Waals surface area contributed by atoms with Crippen LogP contribution in [0.2, 0.25) is 0 Å². The molecular weight excluding hydrogens is 491 g/mol. The number of nitrogens with zero attached hydrogens (tertiary/aromatic N) is 2. The molecule has 0 radical (unpaired) electrons. The SMILES string of the molecule is C/C(=N\OCCCO)C1CC1(NS(=O)(=O)C1=CC=C(c2cc(C(F)(F)F)on2)CS1)C(=O)O. The van der Waals surface area contributed by atoms with Crippen LogP contribution in [0.1, 0.15) is 31.2 Å². The molecule has 1 aromatic heterocycles. The summed E-state index contributed by atoms with van der Waals surface area (Å²) in [6, 6.07) is 0.719. The number of aliphatic hydroxyl groups excluding tert-OH is 1. The van der Waals surface area contributed by atoms with Crippen molar-refractivity contribution in [2.75, 3.05) is 19.0 Å². The number of sulfonamides is 1. The van der Waals surface area contributed by atoms with Crippen LogP contribution in [0.3, 0.4) is 0 Å². The summed E-state index contributed by atoms with van der Waals surface area (Å²) in [5.74, 6) is -3.39. The van der Waals surface area contributed by atoms with E-state index in [4.69, 9.17) is 9.94 Å². The van der Waals surface area contributed by atoms with Gasteiger partial charge in [0.1, 0.15) is 22.1 Å². The van der Waals surface area contributed by atoms with Crippen molar-refractivity contribution in [3.63, 3.8) is 0 Å². The number of alkyl halides is 3. The van der Waals surface area contributed by atoms with E-state index in [1.54, 1.807) is 0 Å². The van der Waals surface area contributed by atoms with E-state index in [1.165, 1.54) is 19.1 Å². The highest BCUT2D eigenvalue weighted by Gasteiger charge is 2.64. The van der Waals surface area contributed by atoms with Gasteiger partial charge in [0.05, 0.1) is 5.71 Å². The molecule has 33 heavy (non-hydrogen) atoms. The highest BCUT2D eigenvalue weighted by molar-refractivity contribution is 8.18. The van der Waals surface area contributed by atoms with Crippen molar-refractivity contribution in [1.29, 1.82) is 0 Å². The topological polar surface area (TPSA) is 151 Å². The van der Waals surface area contributed by atoms with Gasteiger partial charge in [0.25, 0.3) is 0 Å². The monoisotopic (exact) mass is 511 g/mol. The largest absolute Gasteiger partial charge is 0.480 e. The summed E-state index contributed by atoms with van der Waals surface area (Å²) in [4.78, 5) is 16.8. The van der Waals surface area contributed by atoms with Crippen LogP contribution in [0.5, 0.6) is 0 Å². The number of oxime groups is 1. The Morgan fingerprint density at radius 3 is 2.73 bits per heavy atom. The van der Waals surface area contributed by atoms with Crippen LogP contribution in [0.4, 0.5) is 13.2 Å². The molecule has 0 bridgehead atoms. The van der Waals surface area contributed by atoms with Crippen LogP contribution in [0, 0.1) is 5.92 Å². The van der Waals surface area contributed by atoms with Crippen LogP contribution in [0.15, 0.2) is 32.1 Å². The van der Waals surface area contributed by atoms with E-state index in [0.717, 1.165) is 17.8 Å². The number of thioether (sulfide) groups is 1. The molecule has 2 unspecified atom stereocenters. The minimum absolute atomic E-state index is 0.0146. The molecule has 0 saturated heterocycles. The maximum atomic E-state index is 12.8. The zero-order valence-electron chi connectivity index (χ0n) is 17.1. The molecule has 1 aliphatic carbocycles. The van der Waals surface area contributed by atoms with Gasteiger partial charge < -0.3 is 19.6 Å². The minimum Gasteiger partial charge on any atom is -0.480 e. The molecule has 182 valence electrons. The maximum Gasteiger partial charge on any atom is 0.452 e. The number of carboxylic acids is 1. The fourth-order valence-corrected chi connectivity index (χ4v) is 5.86. The first kappa shape index (κ1) is 25.3. The van der Waals surface area contributed by atoms with Gasteiger partial charge in [-0.1, -0.05) is 16.4 Å². The molecule has 1 aromatic rings. The lowest BCUT2D eigenvalue weighted by Crippen LogP contribution is -2.46. The molecule has 15 heteroatoms. The van der Waals surface area contributed by atoms with Crippen molar-refractivity contribution in [2.45, 2.75) is 31.5 Å². The molecule has 2 heterocycles. The predicted molar refractivity (Wildman–Crippen MR) is 111 cm³/mol. The number of aliphatic hydroxyl groups is 1. The molecule has 2 atom stereocenters. The number of nitrogens with one attached hydrogen (secondary N) is 1. The van der Waals surface area contributed by atoms with E-state index >= 15 is 0 Å². The molecule has 1 saturated carbocycles. The average Bonchev–Trinajstić information content (AvgIpc) is 3.24. The van der Waals surface area contributed by atoms with Gasteiger partial charge in [0.2, 0.25) is 15.8 Å². The van der Waals surface area contributed by atoms with Gasteiger partial charge >= 0.3 is 12.1 Å². The normalized spacial score (nSPS) is 23.7. The lowest BCUT2D eigenvalue weighted by atomic mass is 10.1. The Hall–Kier alpha value is -2.36. The van der Waals surface area contributed by atoms with E-state index in [9.17, 15) is 31.5 Å². The quantitative estimate of drug-likeness (QED) is 0.244. The number of hydrogen-bond acceptors (Lipinski definition) is 9. The number of hydrogen-bond donors (Lipinski definition) is 3. The molecule has 1 fully saturated rings. The number of carbonyl (C=O) groups is 1. The number of halogens is 3. The molecule has 2 aliphatic rings. The van der Waals surface area contributed by atoms with Crippen LogP contribution in [-0.2, 0) is 25.8 Å². The van der Waals surface area contributed by atoms with E-state index < -0.39 is 39.4 Å². The maximum absolute atomic E-state index is 12.8. The summed E-state index contributed by atoms with van der Waals surface area (Å²) < 4.78 is 70.0. The van der Waals surface area contributed by atoms with Gasteiger partial charge in [-0.25, -0.2) is 8.42 Å². The molecule has 10 nitrogen and oxygen atoms in total. The number of allylic oxidation sites excluding steroid dienone is 2. The summed E-state index contributed by atoms with van der Waals surface area (Å²) >= 11 is 0.807. The Labute approximate surface area is 190 Å².